The highest BCUT2D eigenvalue weighted by molar-refractivity contribution is 7.98. The third-order valence-electron chi connectivity index (χ3n) is 5.49. The Labute approximate surface area is 174 Å². The van der Waals surface area contributed by atoms with Crippen LogP contribution < -0.4 is 5.56 Å². The minimum Gasteiger partial charge on any atom is -0.337 e. The maximum Gasteiger partial charge on any atom is 0.261 e. The van der Waals surface area contributed by atoms with Crippen LogP contribution >= 0.6 is 11.8 Å². The zero-order chi connectivity index (χ0) is 20.4. The van der Waals surface area contributed by atoms with Gasteiger partial charge in [-0.2, -0.15) is 0 Å². The van der Waals surface area contributed by atoms with Gasteiger partial charge in [-0.15, -0.1) is 11.8 Å². The third kappa shape index (κ3) is 4.08. The van der Waals surface area contributed by atoms with Crippen LogP contribution in [0.3, 0.4) is 0 Å². The van der Waals surface area contributed by atoms with Crippen LogP contribution in [0.5, 0.6) is 0 Å². The average molecular weight is 408 g/mol. The van der Waals surface area contributed by atoms with Gasteiger partial charge in [-0.05, 0) is 55.0 Å². The fraction of sp³-hybridized carbons (Fsp3) is 0.348. The van der Waals surface area contributed by atoms with Gasteiger partial charge in [0.1, 0.15) is 5.82 Å². The van der Waals surface area contributed by atoms with Crippen molar-refractivity contribution in [1.82, 2.24) is 14.5 Å². The molecule has 1 aromatic heterocycles. The number of aromatic nitrogens is 2. The van der Waals surface area contributed by atoms with Gasteiger partial charge >= 0.3 is 0 Å². The highest BCUT2D eigenvalue weighted by atomic mass is 32.2. The molecular weight excluding hydrogens is 382 g/mol. The molecule has 0 atom stereocenters. The second-order valence-corrected chi connectivity index (χ2v) is 8.42. The van der Waals surface area contributed by atoms with E-state index in [1.807, 2.05) is 18.4 Å². The Kier molecular flexibility index (Phi) is 5.72. The first kappa shape index (κ1) is 19.7. The van der Waals surface area contributed by atoms with Crippen molar-refractivity contribution >= 4 is 28.6 Å². The van der Waals surface area contributed by atoms with Gasteiger partial charge < -0.3 is 4.90 Å². The average Bonchev–Trinajstić information content (AvgIpc) is 2.99. The van der Waals surface area contributed by atoms with Gasteiger partial charge in [-0.1, -0.05) is 18.6 Å². The monoisotopic (exact) mass is 407 g/mol. The van der Waals surface area contributed by atoms with Crippen LogP contribution in [-0.2, 0) is 19.5 Å². The van der Waals surface area contributed by atoms with Crippen molar-refractivity contribution in [2.75, 3.05) is 13.3 Å². The summed E-state index contributed by atoms with van der Waals surface area (Å²) < 4.78 is 1.81. The van der Waals surface area contributed by atoms with Crippen molar-refractivity contribution in [3.63, 3.8) is 0 Å². The molecule has 5 nitrogen and oxygen atoms in total. The fourth-order valence-electron chi connectivity index (χ4n) is 3.85. The summed E-state index contributed by atoms with van der Waals surface area (Å²) in [6.07, 6.45) is 6.04. The Morgan fingerprint density at radius 2 is 1.93 bits per heavy atom. The molecule has 0 N–H and O–H groups in total. The fourth-order valence-corrected chi connectivity index (χ4v) is 4.26. The molecule has 0 aliphatic carbocycles. The second kappa shape index (κ2) is 8.41. The Balaban J connectivity index is 1.61. The minimum atomic E-state index is -0.0716. The number of thioether (sulfide) groups is 1. The molecule has 1 aliphatic heterocycles. The van der Waals surface area contributed by atoms with E-state index >= 15 is 0 Å². The Bertz CT molecular complexity index is 1110. The standard InChI is InChI=1S/C23H25N3O2S/c1-25(15-16-7-10-18(29-2)11-8-16)22(27)17-9-12-19-20(14-17)24-21-6-4-3-5-13-26(21)23(19)28/h7-12,14H,3-6,13,15H2,1-2H3. The molecule has 2 heterocycles. The van der Waals surface area contributed by atoms with Crippen LogP contribution in [0.4, 0.5) is 0 Å². The molecule has 0 radical (unpaired) electrons. The highest BCUT2D eigenvalue weighted by Crippen LogP contribution is 2.19. The topological polar surface area (TPSA) is 55.2 Å². The summed E-state index contributed by atoms with van der Waals surface area (Å²) in [5.41, 5.74) is 2.27. The summed E-state index contributed by atoms with van der Waals surface area (Å²) >= 11 is 1.70. The molecule has 29 heavy (non-hydrogen) atoms. The zero-order valence-corrected chi connectivity index (χ0v) is 17.7. The summed E-state index contributed by atoms with van der Waals surface area (Å²) in [6, 6.07) is 13.5. The van der Waals surface area contributed by atoms with E-state index in [0.29, 0.717) is 23.0 Å². The number of carbonyl (C=O) groups is 1. The van der Waals surface area contributed by atoms with E-state index in [1.165, 1.54) is 4.90 Å². The smallest absolute Gasteiger partial charge is 0.261 e. The SMILES string of the molecule is CSc1ccc(CN(C)C(=O)c2ccc3c(=O)n4c(nc3c2)CCCCC4)cc1. The summed E-state index contributed by atoms with van der Waals surface area (Å²) in [6.45, 7) is 1.27. The number of rotatable bonds is 4. The lowest BCUT2D eigenvalue weighted by atomic mass is 10.1. The molecule has 3 aromatic rings. The van der Waals surface area contributed by atoms with Crippen molar-refractivity contribution in [3.05, 3.63) is 69.8 Å². The lowest BCUT2D eigenvalue weighted by Gasteiger charge is -2.18. The van der Waals surface area contributed by atoms with E-state index in [-0.39, 0.29) is 11.5 Å². The number of nitrogens with zero attached hydrogens (tertiary/aromatic N) is 3. The zero-order valence-electron chi connectivity index (χ0n) is 16.9. The third-order valence-corrected chi connectivity index (χ3v) is 6.23. The molecule has 150 valence electrons. The first-order valence-corrected chi connectivity index (χ1v) is 11.2. The molecule has 0 fully saturated rings. The van der Waals surface area contributed by atoms with Gasteiger partial charge in [0.15, 0.2) is 0 Å². The van der Waals surface area contributed by atoms with E-state index in [4.69, 9.17) is 4.98 Å². The van der Waals surface area contributed by atoms with Gasteiger partial charge in [0.25, 0.3) is 11.5 Å². The Morgan fingerprint density at radius 3 is 2.69 bits per heavy atom. The Hall–Kier alpha value is -2.60. The summed E-state index contributed by atoms with van der Waals surface area (Å²) in [4.78, 5) is 33.4. The van der Waals surface area contributed by atoms with Crippen LogP contribution in [0.25, 0.3) is 10.9 Å². The van der Waals surface area contributed by atoms with Crippen LogP contribution in [-0.4, -0.2) is 33.7 Å². The molecule has 4 rings (SSSR count). The van der Waals surface area contributed by atoms with Crippen LogP contribution in [0, 0.1) is 0 Å². The number of benzene rings is 2. The Morgan fingerprint density at radius 1 is 1.14 bits per heavy atom. The summed E-state index contributed by atoms with van der Waals surface area (Å²) in [5, 5.41) is 0.586. The molecule has 0 bridgehead atoms. The number of hydrogen-bond acceptors (Lipinski definition) is 4. The quantitative estimate of drug-likeness (QED) is 0.611. The molecule has 1 amide bonds. The van der Waals surface area contributed by atoms with E-state index in [0.717, 1.165) is 43.6 Å². The maximum absolute atomic E-state index is 13.0. The van der Waals surface area contributed by atoms with Crippen LogP contribution in [0.15, 0.2) is 52.2 Å². The molecule has 0 saturated heterocycles. The number of aryl methyl sites for hydroxylation is 1. The molecular formula is C23H25N3O2S. The molecule has 0 saturated carbocycles. The largest absolute Gasteiger partial charge is 0.337 e. The van der Waals surface area contributed by atoms with Crippen LogP contribution in [0.1, 0.15) is 41.0 Å². The van der Waals surface area contributed by atoms with Gasteiger partial charge in [-0.3, -0.25) is 14.2 Å². The van der Waals surface area contributed by atoms with E-state index in [2.05, 4.69) is 12.1 Å². The first-order valence-electron chi connectivity index (χ1n) is 9.98. The molecule has 1 aliphatic rings. The summed E-state index contributed by atoms with van der Waals surface area (Å²) in [7, 11) is 1.80. The molecule has 2 aromatic carbocycles. The number of hydrogen-bond donors (Lipinski definition) is 0. The van der Waals surface area contributed by atoms with Crippen molar-refractivity contribution in [2.24, 2.45) is 0 Å². The van der Waals surface area contributed by atoms with Gasteiger partial charge in [0.2, 0.25) is 0 Å². The predicted molar refractivity (Wildman–Crippen MR) is 118 cm³/mol. The van der Waals surface area contributed by atoms with E-state index in [9.17, 15) is 9.59 Å². The normalized spacial score (nSPS) is 13.7. The first-order chi connectivity index (χ1) is 14.1. The van der Waals surface area contributed by atoms with Crippen molar-refractivity contribution in [3.8, 4) is 0 Å². The van der Waals surface area contributed by atoms with Crippen molar-refractivity contribution in [1.29, 1.82) is 0 Å². The summed E-state index contributed by atoms with van der Waals surface area (Å²) in [5.74, 6) is 0.768. The minimum absolute atomic E-state index is 0.00753. The van der Waals surface area contributed by atoms with Crippen molar-refractivity contribution in [2.45, 2.75) is 43.7 Å². The highest BCUT2D eigenvalue weighted by Gasteiger charge is 2.17. The lowest BCUT2D eigenvalue weighted by molar-refractivity contribution is 0.0785. The van der Waals surface area contributed by atoms with E-state index in [1.54, 1.807) is 46.5 Å². The number of carbonyl (C=O) groups excluding carboxylic acids is 1. The van der Waals surface area contributed by atoms with Crippen molar-refractivity contribution < 1.29 is 4.79 Å². The molecule has 0 unspecified atom stereocenters. The maximum atomic E-state index is 13.0. The van der Waals surface area contributed by atoms with E-state index < -0.39 is 0 Å². The predicted octanol–water partition coefficient (Wildman–Crippen LogP) is 4.12. The molecule has 6 heteroatoms. The number of fused-ring (bicyclic) bond motifs is 2. The molecule has 0 spiro atoms. The number of amides is 1. The van der Waals surface area contributed by atoms with Gasteiger partial charge in [0, 0.05) is 37.0 Å². The van der Waals surface area contributed by atoms with Gasteiger partial charge in [0.05, 0.1) is 10.9 Å². The van der Waals surface area contributed by atoms with Crippen LogP contribution in [0.2, 0.25) is 0 Å². The second-order valence-electron chi connectivity index (χ2n) is 7.54. The van der Waals surface area contributed by atoms with Gasteiger partial charge in [-0.25, -0.2) is 4.98 Å². The lowest BCUT2D eigenvalue weighted by Crippen LogP contribution is -2.27.